The lowest BCUT2D eigenvalue weighted by Gasteiger charge is -2.43. The number of likely N-dealkylation sites (tertiary alicyclic amines) is 2. The molecule has 0 spiro atoms. The van der Waals surface area contributed by atoms with E-state index in [1.165, 1.54) is 65.4 Å². The Kier molecular flexibility index (Phi) is 32.3. The van der Waals surface area contributed by atoms with Gasteiger partial charge in [-0.05, 0) is 186 Å². The van der Waals surface area contributed by atoms with Crippen LogP contribution in [0.2, 0.25) is 0 Å². The van der Waals surface area contributed by atoms with E-state index in [1.807, 2.05) is 4.90 Å². The lowest BCUT2D eigenvalue weighted by Crippen LogP contribution is -2.54. The fourth-order valence-corrected chi connectivity index (χ4v) is 11.0. The van der Waals surface area contributed by atoms with Gasteiger partial charge in [0.25, 0.3) is 0 Å². The van der Waals surface area contributed by atoms with E-state index in [-0.39, 0.29) is 41.3 Å². The second kappa shape index (κ2) is 33.6. The molecule has 79 heavy (non-hydrogen) atoms. The van der Waals surface area contributed by atoms with Crippen LogP contribution in [0, 0.1) is 0 Å². The summed E-state index contributed by atoms with van der Waals surface area (Å²) in [7, 11) is 0. The fourth-order valence-electron chi connectivity index (χ4n) is 11.0. The van der Waals surface area contributed by atoms with E-state index in [1.54, 1.807) is 6.92 Å². The van der Waals surface area contributed by atoms with Crippen molar-refractivity contribution in [2.75, 3.05) is 157 Å². The number of β-amino-alcohol motifs (C(OH)–C–C–N with tert-alkyl or cyclic N) is 3. The Morgan fingerprint density at radius 2 is 0.722 bits per heavy atom. The number of likely N-dealkylation sites (N-methyl/N-ethyl adjacent to an activating group) is 1. The number of hydrogen-bond donors (Lipinski definition) is 3. The van der Waals surface area contributed by atoms with Crippen LogP contribution in [-0.2, 0) is 4.79 Å². The van der Waals surface area contributed by atoms with Crippen molar-refractivity contribution >= 4 is 5.91 Å². The second-order valence-corrected chi connectivity index (χ2v) is 31.1. The second-order valence-electron chi connectivity index (χ2n) is 31.1. The summed E-state index contributed by atoms with van der Waals surface area (Å²) in [5, 5.41) is 27.2. The van der Waals surface area contributed by atoms with Crippen LogP contribution in [0.5, 0.6) is 0 Å². The molecule has 7 heterocycles. The van der Waals surface area contributed by atoms with Crippen molar-refractivity contribution in [1.29, 1.82) is 0 Å². The van der Waals surface area contributed by atoms with Crippen molar-refractivity contribution < 1.29 is 20.1 Å². The van der Waals surface area contributed by atoms with Crippen LogP contribution in [-0.4, -0.2) is 295 Å². The summed E-state index contributed by atoms with van der Waals surface area (Å²) in [6, 6.07) is 1.55. The maximum atomic E-state index is 11.1. The zero-order valence-corrected chi connectivity index (χ0v) is 57.4. The molecule has 7 aliphatic heterocycles. The van der Waals surface area contributed by atoms with Gasteiger partial charge in [-0.3, -0.25) is 48.9 Å². The van der Waals surface area contributed by atoms with E-state index in [4.69, 9.17) is 5.11 Å². The highest BCUT2D eigenvalue weighted by Crippen LogP contribution is 2.28. The Balaban J connectivity index is 0.000000463. The van der Waals surface area contributed by atoms with E-state index in [0.717, 1.165) is 104 Å². The minimum Gasteiger partial charge on any atom is -0.395 e. The van der Waals surface area contributed by atoms with Gasteiger partial charge in [-0.15, -0.1) is 0 Å². The van der Waals surface area contributed by atoms with Crippen LogP contribution in [0.15, 0.2) is 0 Å². The molecule has 15 heteroatoms. The van der Waals surface area contributed by atoms with E-state index in [2.05, 4.69) is 222 Å². The zero-order chi connectivity index (χ0) is 61.1. The number of rotatable bonds is 4. The highest BCUT2D eigenvalue weighted by Gasteiger charge is 2.38. The Morgan fingerprint density at radius 3 is 0.911 bits per heavy atom. The SMILES string of the molecule is CC(=O)N1CCN(C(C)(C)C)CC1.CC(C)(C)N1CCN(CCO)CC1.CC(C)(C)N1CC[C@@H](O)C1.CC(C)(C)N1CC[C@H](O)C1.CC(C)N1CCN(C(C)(C)C)CC1.CC1CN1C(C)(C)C.CCN1CCN(C(C)(C)C)CC1. The number of carbonyl (C=O) groups excluding carboxylic acids is 1. The third-order valence-corrected chi connectivity index (χ3v) is 17.1. The molecule has 0 aromatic heterocycles. The first-order valence-electron chi connectivity index (χ1n) is 31.6. The number of nitrogens with zero attached hydrogens (tertiary/aromatic N) is 11. The minimum atomic E-state index is -0.0841. The Hall–Kier alpha value is -1.05. The van der Waals surface area contributed by atoms with E-state index in [0.29, 0.717) is 28.2 Å². The molecule has 0 aliphatic carbocycles. The third-order valence-electron chi connectivity index (χ3n) is 17.1. The molecular weight excluding hydrogens is 987 g/mol. The molecule has 3 N–H and O–H groups in total. The summed E-state index contributed by atoms with van der Waals surface area (Å²) in [5.41, 5.74) is 2.13. The normalized spacial score (nSPS) is 25.5. The van der Waals surface area contributed by atoms with E-state index >= 15 is 0 Å². The average Bonchev–Trinajstić information content (AvgIpc) is 3.65. The molecule has 4 atom stereocenters. The first-order chi connectivity index (χ1) is 35.9. The summed E-state index contributed by atoms with van der Waals surface area (Å²) in [5.74, 6) is 0.202. The van der Waals surface area contributed by atoms with Gasteiger partial charge >= 0.3 is 0 Å². The van der Waals surface area contributed by atoms with E-state index in [9.17, 15) is 15.0 Å². The summed E-state index contributed by atoms with van der Waals surface area (Å²) < 4.78 is 0. The zero-order valence-electron chi connectivity index (χ0n) is 57.4. The highest BCUT2D eigenvalue weighted by molar-refractivity contribution is 5.73. The Bertz CT molecular complexity index is 1570. The smallest absolute Gasteiger partial charge is 0.219 e. The quantitative estimate of drug-likeness (QED) is 0.239. The van der Waals surface area contributed by atoms with Gasteiger partial charge in [0.2, 0.25) is 5.91 Å². The van der Waals surface area contributed by atoms with Crippen molar-refractivity contribution in [3.05, 3.63) is 0 Å². The molecule has 0 saturated carbocycles. The lowest BCUT2D eigenvalue weighted by atomic mass is 10.0. The number of carbonyl (C=O) groups is 1. The Labute approximate surface area is 491 Å². The maximum Gasteiger partial charge on any atom is 0.219 e. The molecule has 2 unspecified atom stereocenters. The largest absolute Gasteiger partial charge is 0.395 e. The number of piperazine rings is 4. The molecule has 0 bridgehead atoms. The van der Waals surface area contributed by atoms with Gasteiger partial charge in [-0.1, -0.05) is 6.92 Å². The van der Waals surface area contributed by atoms with Gasteiger partial charge in [0.1, 0.15) is 0 Å². The predicted octanol–water partition coefficient (Wildman–Crippen LogP) is 7.77. The van der Waals surface area contributed by atoms with Crippen molar-refractivity contribution in [3.8, 4) is 0 Å². The minimum absolute atomic E-state index is 0.0841. The topological polar surface area (TPSA) is 113 Å². The van der Waals surface area contributed by atoms with Crippen molar-refractivity contribution in [3.63, 3.8) is 0 Å². The number of hydrogen-bond acceptors (Lipinski definition) is 14. The van der Waals surface area contributed by atoms with Gasteiger partial charge in [0, 0.05) is 202 Å². The molecule has 1 amide bonds. The van der Waals surface area contributed by atoms with Gasteiger partial charge in [0.15, 0.2) is 0 Å². The summed E-state index contributed by atoms with van der Waals surface area (Å²) in [6.45, 7) is 83.4. The molecule has 0 aromatic carbocycles. The van der Waals surface area contributed by atoms with E-state index < -0.39 is 0 Å². The number of aliphatic hydroxyl groups excluding tert-OH is 3. The van der Waals surface area contributed by atoms with Crippen LogP contribution in [0.3, 0.4) is 0 Å². The number of amides is 1. The molecule has 7 rings (SSSR count). The van der Waals surface area contributed by atoms with Crippen molar-refractivity contribution in [2.45, 2.75) is 256 Å². The molecule has 0 aromatic rings. The predicted molar refractivity (Wildman–Crippen MR) is 340 cm³/mol. The summed E-state index contributed by atoms with van der Waals surface area (Å²) >= 11 is 0. The van der Waals surface area contributed by atoms with Gasteiger partial charge in [0.05, 0.1) is 18.8 Å². The monoisotopic (exact) mass is 1120 g/mol. The van der Waals surface area contributed by atoms with Crippen LogP contribution in [0.4, 0.5) is 0 Å². The molecule has 15 nitrogen and oxygen atoms in total. The summed E-state index contributed by atoms with van der Waals surface area (Å²) in [6.07, 6.45) is 1.72. The molecule has 472 valence electrons. The van der Waals surface area contributed by atoms with Crippen LogP contribution < -0.4 is 0 Å². The van der Waals surface area contributed by atoms with Crippen LogP contribution in [0.1, 0.15) is 193 Å². The van der Waals surface area contributed by atoms with Crippen molar-refractivity contribution in [1.82, 2.24) is 53.9 Å². The van der Waals surface area contributed by atoms with Gasteiger partial charge in [-0.2, -0.15) is 0 Å². The molecule has 0 radical (unpaired) electrons. The first kappa shape index (κ1) is 76.0. The van der Waals surface area contributed by atoms with Crippen molar-refractivity contribution in [2.24, 2.45) is 0 Å². The highest BCUT2D eigenvalue weighted by atomic mass is 16.3. The standard InChI is InChI=1S/C11H24N2.C10H20N2O.C10H22N2O.C10H22N2.2C8H17NO.C7H15N/c1-10(2)12-6-8-13(9-7-12)11(3,4)5;1-9(13)11-5-7-12(8-6-11)10(2,3)4;1-10(2,3)12-6-4-11(5-7-12)8-9-13;1-5-11-6-8-12(9-7-11)10(2,3)4;2*1-8(2,3)9-5-4-7(10)6-9;1-6-5-8(6)7(2,3)4/h10H,6-9H2,1-5H3;5-8H2,1-4H3;13H,4-9H2,1-3H3;5-9H2,1-4H3;2*7,10H,4-6H2,1-3H3;6H,5H2,1-4H3/t;;;;2*7-;/m....10./s1. The fraction of sp³-hybridized carbons (Fsp3) is 0.984. The molecule has 7 fully saturated rings. The molecular formula is C64H137N11O4. The maximum absolute atomic E-state index is 11.1. The van der Waals surface area contributed by atoms with Gasteiger partial charge in [-0.25, -0.2) is 0 Å². The third kappa shape index (κ3) is 31.1. The Morgan fingerprint density at radius 1 is 0.430 bits per heavy atom. The molecule has 7 aliphatic rings. The first-order valence-corrected chi connectivity index (χ1v) is 31.6. The van der Waals surface area contributed by atoms with Gasteiger partial charge < -0.3 is 25.1 Å². The number of aliphatic hydroxyl groups is 3. The summed E-state index contributed by atoms with van der Waals surface area (Å²) in [4.78, 5) is 37.6. The molecule has 7 saturated heterocycles. The lowest BCUT2D eigenvalue weighted by molar-refractivity contribution is -0.131. The van der Waals surface area contributed by atoms with Crippen LogP contribution in [0.25, 0.3) is 0 Å². The van der Waals surface area contributed by atoms with Crippen LogP contribution >= 0.6 is 0 Å². The average molecular weight is 1120 g/mol.